The summed E-state index contributed by atoms with van der Waals surface area (Å²) in [4.78, 5) is 12.5. The van der Waals surface area contributed by atoms with Crippen LogP contribution in [0.3, 0.4) is 0 Å². The first-order valence-electron chi connectivity index (χ1n) is 3.44. The molecule has 1 aliphatic heterocycles. The van der Waals surface area contributed by atoms with E-state index in [2.05, 4.69) is 0 Å². The molecule has 2 unspecified atom stereocenters. The van der Waals surface area contributed by atoms with E-state index < -0.39 is 24.2 Å². The highest BCUT2D eigenvalue weighted by Crippen LogP contribution is 2.13. The van der Waals surface area contributed by atoms with Crippen molar-refractivity contribution < 1.29 is 9.18 Å². The third-order valence-electron chi connectivity index (χ3n) is 1.83. The number of hydrogen-bond donors (Lipinski definition) is 2. The molecule has 0 bridgehead atoms. The highest BCUT2D eigenvalue weighted by atomic mass is 19.1. The summed E-state index contributed by atoms with van der Waals surface area (Å²) in [5.41, 5.74) is 5.38. The molecule has 6 nitrogen and oxygen atoms in total. The van der Waals surface area contributed by atoms with Crippen molar-refractivity contribution in [2.45, 2.75) is 12.5 Å². The van der Waals surface area contributed by atoms with Gasteiger partial charge in [-0.05, 0) is 0 Å². The van der Waals surface area contributed by atoms with Crippen LogP contribution in [0.25, 0.3) is 0 Å². The lowest BCUT2D eigenvalue weighted by molar-refractivity contribution is -0.139. The van der Waals surface area contributed by atoms with Crippen LogP contribution >= 0.6 is 0 Å². The Kier molecular flexibility index (Phi) is 2.16. The number of rotatable bonds is 0. The zero-order valence-corrected chi connectivity index (χ0v) is 6.86. The molecule has 0 aromatic rings. The molecule has 1 amide bonds. The van der Waals surface area contributed by atoms with E-state index in [1.54, 1.807) is 0 Å². The number of nitriles is 1. The molecule has 1 heterocycles. The lowest BCUT2D eigenvalue weighted by Gasteiger charge is -2.37. The Hall–Kier alpha value is -1.68. The number of halogens is 1. The average Bonchev–Trinajstić information content (AvgIpc) is 2.13. The van der Waals surface area contributed by atoms with Crippen molar-refractivity contribution in [3.63, 3.8) is 0 Å². The minimum absolute atomic E-state index is 0.645. The molecule has 1 saturated heterocycles. The summed E-state index contributed by atoms with van der Waals surface area (Å²) in [5.74, 6) is -1.61. The van der Waals surface area contributed by atoms with Gasteiger partial charge in [-0.1, -0.05) is 0 Å². The lowest BCUT2D eigenvalue weighted by atomic mass is 10.2. The zero-order valence-electron chi connectivity index (χ0n) is 6.86. The van der Waals surface area contributed by atoms with E-state index in [1.165, 1.54) is 13.2 Å². The van der Waals surface area contributed by atoms with Gasteiger partial charge in [0.15, 0.2) is 18.3 Å². The standard InChI is InChI=1S/C6H8FN5O/c1-11-5(13)3(7)4(9)12(2-8)6(11)10/h3,6,9H,10H2,1H3. The van der Waals surface area contributed by atoms with Crippen molar-refractivity contribution >= 4 is 11.7 Å². The molecule has 1 rings (SSSR count). The molecule has 0 aromatic heterocycles. The molecule has 2 atom stereocenters. The van der Waals surface area contributed by atoms with Crippen molar-refractivity contribution in [3.8, 4) is 6.19 Å². The summed E-state index contributed by atoms with van der Waals surface area (Å²) in [5, 5.41) is 15.6. The fourth-order valence-electron chi connectivity index (χ4n) is 0.977. The Morgan fingerprint density at radius 2 is 2.31 bits per heavy atom. The summed E-state index contributed by atoms with van der Waals surface area (Å²) in [7, 11) is 1.27. The second kappa shape index (κ2) is 2.99. The van der Waals surface area contributed by atoms with E-state index >= 15 is 0 Å². The molecule has 13 heavy (non-hydrogen) atoms. The minimum atomic E-state index is -2.09. The number of amidine groups is 1. The maximum Gasteiger partial charge on any atom is 0.267 e. The number of carbonyl (C=O) groups is 1. The predicted octanol–water partition coefficient (Wildman–Crippen LogP) is -1.20. The van der Waals surface area contributed by atoms with Gasteiger partial charge in [0, 0.05) is 7.05 Å². The van der Waals surface area contributed by atoms with Gasteiger partial charge in [0.2, 0.25) is 6.17 Å². The van der Waals surface area contributed by atoms with Crippen LogP contribution in [0, 0.1) is 16.9 Å². The van der Waals surface area contributed by atoms with Crippen LogP contribution in [0.2, 0.25) is 0 Å². The van der Waals surface area contributed by atoms with Crippen molar-refractivity contribution in [1.29, 1.82) is 10.7 Å². The summed E-state index contributed by atoms with van der Waals surface area (Å²) < 4.78 is 13.0. The summed E-state index contributed by atoms with van der Waals surface area (Å²) in [6, 6.07) is 0. The number of carbonyl (C=O) groups excluding carboxylic acids is 1. The quantitative estimate of drug-likeness (QED) is 0.463. The fourth-order valence-corrected chi connectivity index (χ4v) is 0.977. The molecular weight excluding hydrogens is 177 g/mol. The Balaban J connectivity index is 3.00. The van der Waals surface area contributed by atoms with Gasteiger partial charge in [0.05, 0.1) is 0 Å². The van der Waals surface area contributed by atoms with E-state index in [0.29, 0.717) is 4.90 Å². The highest BCUT2D eigenvalue weighted by Gasteiger charge is 2.41. The number of amides is 1. The highest BCUT2D eigenvalue weighted by molar-refractivity contribution is 6.06. The van der Waals surface area contributed by atoms with Crippen LogP contribution in [0.4, 0.5) is 4.39 Å². The van der Waals surface area contributed by atoms with Crippen LogP contribution in [0.1, 0.15) is 0 Å². The number of hydrogen-bond acceptors (Lipinski definition) is 4. The Morgan fingerprint density at radius 3 is 2.77 bits per heavy atom. The van der Waals surface area contributed by atoms with Gasteiger partial charge >= 0.3 is 0 Å². The molecule has 0 aliphatic carbocycles. The Bertz CT molecular complexity index is 298. The van der Waals surface area contributed by atoms with Gasteiger partial charge in [-0.2, -0.15) is 5.26 Å². The normalized spacial score (nSPS) is 29.1. The summed E-state index contributed by atoms with van der Waals surface area (Å²) in [6.07, 6.45) is -1.64. The minimum Gasteiger partial charge on any atom is -0.309 e. The van der Waals surface area contributed by atoms with Gasteiger partial charge in [-0.3, -0.25) is 15.9 Å². The lowest BCUT2D eigenvalue weighted by Crippen LogP contribution is -2.64. The van der Waals surface area contributed by atoms with Crippen molar-refractivity contribution in [3.05, 3.63) is 0 Å². The number of alkyl halides is 1. The van der Waals surface area contributed by atoms with Gasteiger partial charge in [-0.25, -0.2) is 9.29 Å². The zero-order chi connectivity index (χ0) is 10.2. The second-order valence-corrected chi connectivity index (χ2v) is 2.58. The van der Waals surface area contributed by atoms with Crippen LogP contribution in [0.15, 0.2) is 0 Å². The van der Waals surface area contributed by atoms with Crippen LogP contribution in [0.5, 0.6) is 0 Å². The molecule has 7 heteroatoms. The van der Waals surface area contributed by atoms with Crippen molar-refractivity contribution in [1.82, 2.24) is 9.80 Å². The Labute approximate surface area is 73.8 Å². The first-order chi connectivity index (χ1) is 6.00. The number of nitrogens with zero attached hydrogens (tertiary/aromatic N) is 3. The molecular formula is C6H8FN5O. The van der Waals surface area contributed by atoms with Crippen LogP contribution in [-0.4, -0.2) is 41.1 Å². The molecule has 1 aliphatic rings. The van der Waals surface area contributed by atoms with Crippen LogP contribution in [-0.2, 0) is 4.79 Å². The predicted molar refractivity (Wildman–Crippen MR) is 40.8 cm³/mol. The van der Waals surface area contributed by atoms with E-state index in [1.807, 2.05) is 0 Å². The molecule has 3 N–H and O–H groups in total. The molecule has 70 valence electrons. The van der Waals surface area contributed by atoms with Gasteiger partial charge < -0.3 is 4.90 Å². The van der Waals surface area contributed by atoms with Gasteiger partial charge in [0.25, 0.3) is 5.91 Å². The maximum absolute atomic E-state index is 13.0. The third-order valence-corrected chi connectivity index (χ3v) is 1.83. The van der Waals surface area contributed by atoms with E-state index in [4.69, 9.17) is 16.4 Å². The van der Waals surface area contributed by atoms with E-state index in [-0.39, 0.29) is 0 Å². The second-order valence-electron chi connectivity index (χ2n) is 2.58. The molecule has 0 spiro atoms. The Morgan fingerprint density at radius 1 is 1.77 bits per heavy atom. The SMILES string of the molecule is CN1C(=O)C(F)C(=N)N(C#N)C1N. The van der Waals surface area contributed by atoms with E-state index in [0.717, 1.165) is 4.90 Å². The number of nitrogens with one attached hydrogen (secondary N) is 1. The molecule has 1 fully saturated rings. The van der Waals surface area contributed by atoms with Gasteiger partial charge in [0.1, 0.15) is 0 Å². The maximum atomic E-state index is 13.0. The molecule has 0 radical (unpaired) electrons. The largest absolute Gasteiger partial charge is 0.309 e. The molecule has 0 saturated carbocycles. The first-order valence-corrected chi connectivity index (χ1v) is 3.44. The topological polar surface area (TPSA) is 97.2 Å². The molecule has 0 aromatic carbocycles. The summed E-state index contributed by atoms with van der Waals surface area (Å²) >= 11 is 0. The van der Waals surface area contributed by atoms with Crippen molar-refractivity contribution in [2.24, 2.45) is 5.73 Å². The smallest absolute Gasteiger partial charge is 0.267 e. The monoisotopic (exact) mass is 185 g/mol. The number of nitrogens with two attached hydrogens (primary N) is 1. The van der Waals surface area contributed by atoms with Crippen LogP contribution < -0.4 is 5.73 Å². The van der Waals surface area contributed by atoms with Crippen molar-refractivity contribution in [2.75, 3.05) is 7.05 Å². The summed E-state index contributed by atoms with van der Waals surface area (Å²) in [6.45, 7) is 0. The average molecular weight is 185 g/mol. The first kappa shape index (κ1) is 9.41. The van der Waals surface area contributed by atoms with Gasteiger partial charge in [-0.15, -0.1) is 0 Å². The van der Waals surface area contributed by atoms with E-state index in [9.17, 15) is 9.18 Å². The fraction of sp³-hybridized carbons (Fsp3) is 0.500. The third kappa shape index (κ3) is 1.21.